The standard InChI is InChI=1S/C22H24N6/c1-3-9-17(10-4-1)19-15-25-21(27-19)23-13-7-8-14-24-22-26-16-20(28-22)18-11-5-2-6-12-18/h1-6,9-12,15-16H,7-8,13-14H2,(H2,23,25,27)(H2,24,26,28). The molecule has 28 heavy (non-hydrogen) atoms. The number of aromatic nitrogens is 4. The van der Waals surface area contributed by atoms with Gasteiger partial charge in [0, 0.05) is 13.1 Å². The highest BCUT2D eigenvalue weighted by Gasteiger charge is 2.03. The Morgan fingerprint density at radius 1 is 0.607 bits per heavy atom. The van der Waals surface area contributed by atoms with Gasteiger partial charge in [0.25, 0.3) is 0 Å². The first-order valence-electron chi connectivity index (χ1n) is 9.57. The lowest BCUT2D eigenvalue weighted by Gasteiger charge is -2.04. The summed E-state index contributed by atoms with van der Waals surface area (Å²) >= 11 is 0. The first-order valence-corrected chi connectivity index (χ1v) is 9.57. The van der Waals surface area contributed by atoms with E-state index in [0.717, 1.165) is 60.3 Å². The van der Waals surface area contributed by atoms with Gasteiger partial charge < -0.3 is 20.6 Å². The fourth-order valence-corrected chi connectivity index (χ4v) is 3.01. The van der Waals surface area contributed by atoms with E-state index in [1.807, 2.05) is 48.8 Å². The highest BCUT2D eigenvalue weighted by molar-refractivity contribution is 5.60. The summed E-state index contributed by atoms with van der Waals surface area (Å²) < 4.78 is 0. The van der Waals surface area contributed by atoms with Crippen molar-refractivity contribution >= 4 is 11.9 Å². The summed E-state index contributed by atoms with van der Waals surface area (Å²) in [4.78, 5) is 15.4. The maximum atomic E-state index is 4.39. The first-order chi connectivity index (χ1) is 13.9. The van der Waals surface area contributed by atoms with Gasteiger partial charge in [0.15, 0.2) is 0 Å². The van der Waals surface area contributed by atoms with Crippen LogP contribution in [0.25, 0.3) is 22.5 Å². The molecule has 6 nitrogen and oxygen atoms in total. The van der Waals surface area contributed by atoms with E-state index in [0.29, 0.717) is 0 Å². The van der Waals surface area contributed by atoms with Crippen molar-refractivity contribution in [3.63, 3.8) is 0 Å². The minimum atomic E-state index is 0.811. The van der Waals surface area contributed by atoms with Gasteiger partial charge in [-0.15, -0.1) is 0 Å². The Hall–Kier alpha value is -3.54. The van der Waals surface area contributed by atoms with E-state index in [2.05, 4.69) is 54.8 Å². The second kappa shape index (κ2) is 8.90. The van der Waals surface area contributed by atoms with Crippen molar-refractivity contribution in [3.8, 4) is 22.5 Å². The molecule has 2 heterocycles. The number of rotatable bonds is 9. The van der Waals surface area contributed by atoms with Crippen molar-refractivity contribution in [2.45, 2.75) is 12.8 Å². The number of imidazole rings is 2. The topological polar surface area (TPSA) is 81.4 Å². The molecule has 4 rings (SSSR count). The third-order valence-electron chi connectivity index (χ3n) is 4.51. The fourth-order valence-electron chi connectivity index (χ4n) is 3.01. The normalized spacial score (nSPS) is 10.7. The first kappa shape index (κ1) is 17.9. The highest BCUT2D eigenvalue weighted by atomic mass is 15.1. The predicted molar refractivity (Wildman–Crippen MR) is 114 cm³/mol. The molecule has 0 aliphatic carbocycles. The molecule has 0 bridgehead atoms. The molecule has 0 aliphatic rings. The van der Waals surface area contributed by atoms with Gasteiger partial charge in [-0.2, -0.15) is 0 Å². The number of anilines is 2. The van der Waals surface area contributed by atoms with Crippen LogP contribution in [-0.2, 0) is 0 Å². The van der Waals surface area contributed by atoms with Crippen LogP contribution in [0.1, 0.15) is 12.8 Å². The molecule has 6 heteroatoms. The zero-order valence-electron chi connectivity index (χ0n) is 15.7. The van der Waals surface area contributed by atoms with Crippen LogP contribution in [0.3, 0.4) is 0 Å². The van der Waals surface area contributed by atoms with E-state index in [-0.39, 0.29) is 0 Å². The number of aromatic amines is 2. The number of benzene rings is 2. The van der Waals surface area contributed by atoms with Crippen LogP contribution in [0.4, 0.5) is 11.9 Å². The molecule has 2 aromatic heterocycles. The Labute approximate surface area is 164 Å². The Bertz CT molecular complexity index is 893. The maximum absolute atomic E-state index is 4.39. The lowest BCUT2D eigenvalue weighted by molar-refractivity contribution is 0.788. The molecular formula is C22H24N6. The van der Waals surface area contributed by atoms with Crippen molar-refractivity contribution in [1.29, 1.82) is 0 Å². The zero-order valence-corrected chi connectivity index (χ0v) is 15.7. The van der Waals surface area contributed by atoms with Gasteiger partial charge in [-0.25, -0.2) is 9.97 Å². The Morgan fingerprint density at radius 2 is 1.04 bits per heavy atom. The fraction of sp³-hybridized carbons (Fsp3) is 0.182. The van der Waals surface area contributed by atoms with Crippen molar-refractivity contribution in [2.24, 2.45) is 0 Å². The number of H-pyrrole nitrogens is 2. The molecule has 4 N–H and O–H groups in total. The van der Waals surface area contributed by atoms with E-state index in [1.165, 1.54) is 0 Å². The summed E-state index contributed by atoms with van der Waals surface area (Å²) in [6, 6.07) is 20.4. The molecule has 0 aliphatic heterocycles. The van der Waals surface area contributed by atoms with E-state index in [1.54, 1.807) is 0 Å². The summed E-state index contributed by atoms with van der Waals surface area (Å²) in [5.74, 6) is 1.62. The summed E-state index contributed by atoms with van der Waals surface area (Å²) in [7, 11) is 0. The molecule has 0 radical (unpaired) electrons. The lowest BCUT2D eigenvalue weighted by atomic mass is 10.2. The third-order valence-corrected chi connectivity index (χ3v) is 4.51. The SMILES string of the molecule is c1ccc(-c2cnc(NCCCCNc3ncc(-c4ccccc4)[nH]3)[nH]2)cc1. The molecule has 0 saturated carbocycles. The predicted octanol–water partition coefficient (Wildman–Crippen LogP) is 4.77. The van der Waals surface area contributed by atoms with Gasteiger partial charge in [-0.1, -0.05) is 60.7 Å². The van der Waals surface area contributed by atoms with Crippen LogP contribution in [0.15, 0.2) is 73.1 Å². The van der Waals surface area contributed by atoms with E-state index < -0.39 is 0 Å². The van der Waals surface area contributed by atoms with Gasteiger partial charge >= 0.3 is 0 Å². The minimum absolute atomic E-state index is 0.811. The zero-order chi connectivity index (χ0) is 19.0. The highest BCUT2D eigenvalue weighted by Crippen LogP contribution is 2.18. The number of hydrogen-bond acceptors (Lipinski definition) is 4. The molecule has 0 fully saturated rings. The summed E-state index contributed by atoms with van der Waals surface area (Å²) in [5.41, 5.74) is 4.33. The third kappa shape index (κ3) is 4.59. The Morgan fingerprint density at radius 3 is 1.46 bits per heavy atom. The van der Waals surface area contributed by atoms with Crippen LogP contribution in [0.2, 0.25) is 0 Å². The van der Waals surface area contributed by atoms with Crippen LogP contribution in [0.5, 0.6) is 0 Å². The van der Waals surface area contributed by atoms with Crippen molar-refractivity contribution in [3.05, 3.63) is 73.1 Å². The number of hydrogen-bond donors (Lipinski definition) is 4. The summed E-state index contributed by atoms with van der Waals surface area (Å²) in [5, 5.41) is 6.68. The molecule has 2 aromatic carbocycles. The molecular weight excluding hydrogens is 348 g/mol. The molecule has 0 unspecified atom stereocenters. The molecule has 0 atom stereocenters. The van der Waals surface area contributed by atoms with Gasteiger partial charge in [-0.3, -0.25) is 0 Å². The average Bonchev–Trinajstić information content (AvgIpc) is 3.42. The Kier molecular flexibility index (Phi) is 5.68. The van der Waals surface area contributed by atoms with Crippen LogP contribution in [0, 0.1) is 0 Å². The minimum Gasteiger partial charge on any atom is -0.356 e. The van der Waals surface area contributed by atoms with Crippen LogP contribution < -0.4 is 10.6 Å². The lowest BCUT2D eigenvalue weighted by Crippen LogP contribution is -2.07. The number of nitrogens with one attached hydrogen (secondary N) is 4. The molecule has 0 amide bonds. The molecule has 0 saturated heterocycles. The van der Waals surface area contributed by atoms with Gasteiger partial charge in [0.05, 0.1) is 23.8 Å². The van der Waals surface area contributed by atoms with Crippen molar-refractivity contribution in [1.82, 2.24) is 19.9 Å². The van der Waals surface area contributed by atoms with E-state index in [9.17, 15) is 0 Å². The van der Waals surface area contributed by atoms with E-state index >= 15 is 0 Å². The van der Waals surface area contributed by atoms with Gasteiger partial charge in [0.2, 0.25) is 11.9 Å². The molecule has 142 valence electrons. The number of unbranched alkanes of at least 4 members (excludes halogenated alkanes) is 1. The quantitative estimate of drug-likeness (QED) is 0.319. The maximum Gasteiger partial charge on any atom is 0.200 e. The van der Waals surface area contributed by atoms with E-state index in [4.69, 9.17) is 0 Å². The molecule has 0 spiro atoms. The number of nitrogens with zero attached hydrogens (tertiary/aromatic N) is 2. The van der Waals surface area contributed by atoms with Gasteiger partial charge in [-0.05, 0) is 24.0 Å². The van der Waals surface area contributed by atoms with Crippen LogP contribution >= 0.6 is 0 Å². The monoisotopic (exact) mass is 372 g/mol. The second-order valence-corrected chi connectivity index (χ2v) is 6.58. The van der Waals surface area contributed by atoms with Crippen molar-refractivity contribution < 1.29 is 0 Å². The van der Waals surface area contributed by atoms with Gasteiger partial charge in [0.1, 0.15) is 0 Å². The van der Waals surface area contributed by atoms with Crippen LogP contribution in [-0.4, -0.2) is 33.0 Å². The average molecular weight is 372 g/mol. The summed E-state index contributed by atoms with van der Waals surface area (Å²) in [6.07, 6.45) is 5.81. The van der Waals surface area contributed by atoms with Crippen molar-refractivity contribution in [2.75, 3.05) is 23.7 Å². The second-order valence-electron chi connectivity index (χ2n) is 6.58. The molecule has 4 aromatic rings. The largest absolute Gasteiger partial charge is 0.356 e. The Balaban J connectivity index is 1.16. The summed E-state index contributed by atoms with van der Waals surface area (Å²) in [6.45, 7) is 1.74. The smallest absolute Gasteiger partial charge is 0.200 e.